The number of hydrogen-bond acceptors (Lipinski definition) is 5. The maximum absolute atomic E-state index is 13.8. The zero-order valence-electron chi connectivity index (χ0n) is 13.7. The van der Waals surface area contributed by atoms with E-state index in [2.05, 4.69) is 0 Å². The van der Waals surface area contributed by atoms with Gasteiger partial charge in [-0.3, -0.25) is 14.9 Å². The molecule has 2 heterocycles. The number of ether oxygens (including phenoxy) is 1. The van der Waals surface area contributed by atoms with Crippen LogP contribution in [0.1, 0.15) is 9.67 Å². The largest absolute Gasteiger partial charge is 0.497 e. The van der Waals surface area contributed by atoms with Crippen LogP contribution in [0.2, 0.25) is 0 Å². The number of halogens is 3. The van der Waals surface area contributed by atoms with Crippen molar-refractivity contribution >= 4 is 34.9 Å². The smallest absolute Gasteiger partial charge is 0.440 e. The van der Waals surface area contributed by atoms with E-state index in [4.69, 9.17) is 4.74 Å². The fourth-order valence-corrected chi connectivity index (χ4v) is 3.10. The molecule has 4 amide bonds. The summed E-state index contributed by atoms with van der Waals surface area (Å²) in [5.41, 5.74) is -3.67. The Bertz CT molecular complexity index is 883. The lowest BCUT2D eigenvalue weighted by Crippen LogP contribution is -2.69. The van der Waals surface area contributed by atoms with E-state index in [1.807, 2.05) is 0 Å². The van der Waals surface area contributed by atoms with E-state index >= 15 is 0 Å². The van der Waals surface area contributed by atoms with Crippen molar-refractivity contribution in [3.63, 3.8) is 0 Å². The van der Waals surface area contributed by atoms with Crippen LogP contribution in [0.3, 0.4) is 0 Å². The quantitative estimate of drug-likeness (QED) is 0.774. The monoisotopic (exact) mass is 399 g/mol. The first kappa shape index (κ1) is 18.7. The van der Waals surface area contributed by atoms with Crippen LogP contribution < -0.4 is 20.3 Å². The molecule has 1 atom stereocenters. The van der Waals surface area contributed by atoms with Crippen molar-refractivity contribution < 1.29 is 32.3 Å². The Hall–Kier alpha value is -3.08. The van der Waals surface area contributed by atoms with Gasteiger partial charge in [0, 0.05) is 0 Å². The van der Waals surface area contributed by atoms with Gasteiger partial charge in [0.25, 0.3) is 17.5 Å². The first-order chi connectivity index (χ1) is 12.7. The van der Waals surface area contributed by atoms with Gasteiger partial charge in [0.2, 0.25) is 0 Å². The van der Waals surface area contributed by atoms with Crippen molar-refractivity contribution in [1.29, 1.82) is 0 Å². The number of nitrogens with one attached hydrogen (secondary N) is 2. The number of rotatable bonds is 4. The lowest BCUT2D eigenvalue weighted by molar-refractivity contribution is -0.197. The third-order valence-corrected chi connectivity index (χ3v) is 4.69. The number of carbonyl (C=O) groups is 3. The Kier molecular flexibility index (Phi) is 4.56. The van der Waals surface area contributed by atoms with Crippen LogP contribution in [-0.4, -0.2) is 36.8 Å². The van der Waals surface area contributed by atoms with Gasteiger partial charge in [0.1, 0.15) is 5.75 Å². The van der Waals surface area contributed by atoms with Gasteiger partial charge < -0.3 is 10.1 Å². The third-order valence-electron chi connectivity index (χ3n) is 3.82. The summed E-state index contributed by atoms with van der Waals surface area (Å²) < 4.78 is 46.2. The van der Waals surface area contributed by atoms with E-state index in [1.54, 1.807) is 10.6 Å². The topological polar surface area (TPSA) is 87.7 Å². The van der Waals surface area contributed by atoms with E-state index in [-0.39, 0.29) is 10.6 Å². The van der Waals surface area contributed by atoms with Crippen LogP contribution in [0.25, 0.3) is 0 Å². The highest BCUT2D eigenvalue weighted by Crippen LogP contribution is 2.36. The second-order valence-electron chi connectivity index (χ2n) is 5.45. The Labute approximate surface area is 154 Å². The van der Waals surface area contributed by atoms with Gasteiger partial charge in [-0.2, -0.15) is 13.2 Å². The van der Waals surface area contributed by atoms with E-state index in [0.717, 1.165) is 11.3 Å². The Morgan fingerprint density at radius 1 is 1.22 bits per heavy atom. The fourth-order valence-electron chi connectivity index (χ4n) is 2.48. The molecule has 1 aromatic carbocycles. The number of hydrogen-bond donors (Lipinski definition) is 2. The molecule has 0 bridgehead atoms. The molecule has 3 rings (SSSR count). The number of thiophene rings is 1. The SMILES string of the molecule is COc1ccc(N2C(=O)N[C@@](NC(=O)c3cccs3)(C(F)(F)F)C2=O)cc1. The van der Waals surface area contributed by atoms with Gasteiger partial charge in [-0.1, -0.05) is 6.07 Å². The second-order valence-corrected chi connectivity index (χ2v) is 6.40. The molecular weight excluding hydrogens is 387 g/mol. The fraction of sp³-hybridized carbons (Fsp3) is 0.188. The molecule has 27 heavy (non-hydrogen) atoms. The van der Waals surface area contributed by atoms with Crippen molar-refractivity contribution in [2.45, 2.75) is 11.8 Å². The maximum Gasteiger partial charge on any atom is 0.440 e. The summed E-state index contributed by atoms with van der Waals surface area (Å²) in [6.45, 7) is 0. The summed E-state index contributed by atoms with van der Waals surface area (Å²) >= 11 is 0.896. The van der Waals surface area contributed by atoms with Crippen molar-refractivity contribution in [2.24, 2.45) is 0 Å². The number of alkyl halides is 3. The molecule has 0 spiro atoms. The number of urea groups is 1. The van der Waals surface area contributed by atoms with E-state index in [0.29, 0.717) is 10.6 Å². The number of carbonyl (C=O) groups excluding carboxylic acids is 3. The van der Waals surface area contributed by atoms with Crippen molar-refractivity contribution in [3.8, 4) is 5.75 Å². The minimum absolute atomic E-state index is 0.0384. The summed E-state index contributed by atoms with van der Waals surface area (Å²) in [6.07, 6.45) is -5.27. The number of amides is 4. The second kappa shape index (κ2) is 6.58. The summed E-state index contributed by atoms with van der Waals surface area (Å²) in [7, 11) is 1.39. The zero-order chi connectivity index (χ0) is 19.8. The first-order valence-corrected chi connectivity index (χ1v) is 8.31. The van der Waals surface area contributed by atoms with Crippen LogP contribution in [0.4, 0.5) is 23.7 Å². The van der Waals surface area contributed by atoms with Gasteiger partial charge in [-0.15, -0.1) is 11.3 Å². The molecule has 1 saturated heterocycles. The summed E-state index contributed by atoms with van der Waals surface area (Å²) in [5.74, 6) is -2.40. The van der Waals surface area contributed by atoms with Crippen LogP contribution in [0.5, 0.6) is 5.75 Å². The average Bonchev–Trinajstić information content (AvgIpc) is 3.23. The normalized spacial score (nSPS) is 19.8. The molecule has 0 unspecified atom stereocenters. The molecule has 1 fully saturated rings. The molecule has 0 aliphatic carbocycles. The predicted octanol–water partition coefficient (Wildman–Crippen LogP) is 2.50. The standard InChI is InChI=1S/C16H12F3N3O4S/c1-26-10-6-4-9(5-7-10)22-13(24)15(16(17,18)19,21-14(22)25)20-12(23)11-3-2-8-27-11/h2-8H,1H3,(H,20,23)(H,21,25)/t15-/m1/s1. The lowest BCUT2D eigenvalue weighted by atomic mass is 10.1. The van der Waals surface area contributed by atoms with Crippen LogP contribution in [-0.2, 0) is 4.79 Å². The van der Waals surface area contributed by atoms with Crippen LogP contribution >= 0.6 is 11.3 Å². The van der Waals surface area contributed by atoms with E-state index in [1.165, 1.54) is 48.9 Å². The molecule has 1 aliphatic heterocycles. The van der Waals surface area contributed by atoms with Gasteiger partial charge in [-0.05, 0) is 35.7 Å². The number of benzene rings is 1. The minimum atomic E-state index is -5.27. The lowest BCUT2D eigenvalue weighted by Gasteiger charge is -2.29. The first-order valence-electron chi connectivity index (χ1n) is 7.43. The van der Waals surface area contributed by atoms with E-state index < -0.39 is 29.7 Å². The highest BCUT2D eigenvalue weighted by molar-refractivity contribution is 7.12. The highest BCUT2D eigenvalue weighted by atomic mass is 32.1. The Morgan fingerprint density at radius 3 is 2.41 bits per heavy atom. The minimum Gasteiger partial charge on any atom is -0.497 e. The Balaban J connectivity index is 1.98. The average molecular weight is 399 g/mol. The van der Waals surface area contributed by atoms with Gasteiger partial charge in [0.15, 0.2) is 0 Å². The van der Waals surface area contributed by atoms with Gasteiger partial charge in [-0.25, -0.2) is 9.69 Å². The summed E-state index contributed by atoms with van der Waals surface area (Å²) in [4.78, 5) is 37.2. The van der Waals surface area contributed by atoms with E-state index in [9.17, 15) is 27.6 Å². The van der Waals surface area contributed by atoms with Gasteiger partial charge in [0.05, 0.1) is 17.7 Å². The van der Waals surface area contributed by atoms with Crippen LogP contribution in [0.15, 0.2) is 41.8 Å². The molecule has 1 aliphatic rings. The molecule has 0 radical (unpaired) electrons. The number of nitrogens with zero attached hydrogens (tertiary/aromatic N) is 1. The van der Waals surface area contributed by atoms with Crippen molar-refractivity contribution in [1.82, 2.24) is 10.6 Å². The maximum atomic E-state index is 13.8. The molecular formula is C16H12F3N3O4S. The molecule has 0 saturated carbocycles. The number of methoxy groups -OCH3 is 1. The molecule has 11 heteroatoms. The predicted molar refractivity (Wildman–Crippen MR) is 89.6 cm³/mol. The van der Waals surface area contributed by atoms with Crippen molar-refractivity contribution in [2.75, 3.05) is 12.0 Å². The highest BCUT2D eigenvalue weighted by Gasteiger charge is 2.69. The van der Waals surface area contributed by atoms with Gasteiger partial charge >= 0.3 is 12.2 Å². The van der Waals surface area contributed by atoms with Crippen LogP contribution in [0, 0.1) is 0 Å². The third kappa shape index (κ3) is 3.10. The molecule has 7 nitrogen and oxygen atoms in total. The summed E-state index contributed by atoms with van der Waals surface area (Å²) in [6, 6.07) is 6.73. The number of imide groups is 1. The Morgan fingerprint density at radius 2 is 1.89 bits per heavy atom. The zero-order valence-corrected chi connectivity index (χ0v) is 14.5. The van der Waals surface area contributed by atoms with Crippen molar-refractivity contribution in [3.05, 3.63) is 46.7 Å². The molecule has 2 aromatic rings. The molecule has 2 N–H and O–H groups in total. The number of anilines is 1. The molecule has 1 aromatic heterocycles. The summed E-state index contributed by atoms with van der Waals surface area (Å²) in [5, 5.41) is 4.71. The molecule has 142 valence electrons.